The number of amides is 1. The van der Waals surface area contributed by atoms with Crippen molar-refractivity contribution in [2.24, 2.45) is 0 Å². The molecule has 0 bridgehead atoms. The Kier molecular flexibility index (Phi) is 5.90. The molecule has 1 fully saturated rings. The van der Waals surface area contributed by atoms with Gasteiger partial charge in [0, 0.05) is 50.7 Å². The van der Waals surface area contributed by atoms with Crippen molar-refractivity contribution in [1.29, 1.82) is 0 Å². The number of halogens is 1. The smallest absolute Gasteiger partial charge is 0.254 e. The molecule has 0 aliphatic carbocycles. The molecule has 0 atom stereocenters. The summed E-state index contributed by atoms with van der Waals surface area (Å²) in [4.78, 5) is 20.7. The third kappa shape index (κ3) is 4.97. The molecule has 1 saturated heterocycles. The van der Waals surface area contributed by atoms with Gasteiger partial charge in [-0.05, 0) is 36.2 Å². The van der Waals surface area contributed by atoms with Gasteiger partial charge in [0.15, 0.2) is 0 Å². The first-order valence-electron chi connectivity index (χ1n) is 8.56. The maximum absolute atomic E-state index is 12.9. The van der Waals surface area contributed by atoms with E-state index in [1.54, 1.807) is 36.7 Å². The Labute approximate surface area is 147 Å². The summed E-state index contributed by atoms with van der Waals surface area (Å²) >= 11 is 0. The maximum Gasteiger partial charge on any atom is 0.254 e. The van der Waals surface area contributed by atoms with Crippen LogP contribution in [-0.2, 0) is 0 Å². The van der Waals surface area contributed by atoms with Crippen LogP contribution in [0.15, 0.2) is 54.9 Å². The fraction of sp³-hybridized carbons (Fsp3) is 0.300. The number of aromatic nitrogens is 1. The lowest BCUT2D eigenvalue weighted by molar-refractivity contribution is 0.0762. The SMILES string of the molecule is O=C(c1ccncc1)N1CCCN(CC=Cc2ccc(F)cc2)CC1. The summed E-state index contributed by atoms with van der Waals surface area (Å²) in [6.07, 6.45) is 8.36. The molecule has 0 radical (unpaired) electrons. The second-order valence-electron chi connectivity index (χ2n) is 6.14. The van der Waals surface area contributed by atoms with Crippen LogP contribution in [0.4, 0.5) is 4.39 Å². The van der Waals surface area contributed by atoms with E-state index in [1.165, 1.54) is 12.1 Å². The van der Waals surface area contributed by atoms with Gasteiger partial charge < -0.3 is 4.90 Å². The van der Waals surface area contributed by atoms with Crippen molar-refractivity contribution in [2.75, 3.05) is 32.7 Å². The minimum Gasteiger partial charge on any atom is -0.337 e. The van der Waals surface area contributed by atoms with E-state index in [-0.39, 0.29) is 11.7 Å². The van der Waals surface area contributed by atoms with Gasteiger partial charge in [0.05, 0.1) is 0 Å². The monoisotopic (exact) mass is 339 g/mol. The molecule has 3 rings (SSSR count). The summed E-state index contributed by atoms with van der Waals surface area (Å²) in [5.41, 5.74) is 1.69. The van der Waals surface area contributed by atoms with Crippen molar-refractivity contribution in [3.63, 3.8) is 0 Å². The third-order valence-corrected chi connectivity index (χ3v) is 4.35. The Hall–Kier alpha value is -2.53. The van der Waals surface area contributed by atoms with E-state index >= 15 is 0 Å². The molecule has 25 heavy (non-hydrogen) atoms. The van der Waals surface area contributed by atoms with E-state index in [4.69, 9.17) is 0 Å². The molecule has 1 aromatic carbocycles. The van der Waals surface area contributed by atoms with Crippen molar-refractivity contribution < 1.29 is 9.18 Å². The quantitative estimate of drug-likeness (QED) is 0.859. The molecule has 2 heterocycles. The Morgan fingerprint density at radius 1 is 1.04 bits per heavy atom. The second-order valence-corrected chi connectivity index (χ2v) is 6.14. The molecule has 4 nitrogen and oxygen atoms in total. The van der Waals surface area contributed by atoms with Gasteiger partial charge in [-0.1, -0.05) is 24.3 Å². The molecule has 1 aliphatic rings. The summed E-state index contributed by atoms with van der Waals surface area (Å²) in [5.74, 6) is -0.144. The standard InChI is InChI=1S/C20H22FN3O/c21-19-6-4-17(5-7-19)3-1-12-23-13-2-14-24(16-15-23)20(25)18-8-10-22-11-9-18/h1,3-11H,2,12-16H2. The number of pyridine rings is 1. The van der Waals surface area contributed by atoms with Crippen molar-refractivity contribution >= 4 is 12.0 Å². The molecule has 130 valence electrons. The van der Waals surface area contributed by atoms with Crippen molar-refractivity contribution in [1.82, 2.24) is 14.8 Å². The van der Waals surface area contributed by atoms with Gasteiger partial charge in [-0.15, -0.1) is 0 Å². The van der Waals surface area contributed by atoms with Crippen LogP contribution in [-0.4, -0.2) is 53.4 Å². The average molecular weight is 339 g/mol. The maximum atomic E-state index is 12.9. The molecule has 0 saturated carbocycles. The predicted molar refractivity (Wildman–Crippen MR) is 96.6 cm³/mol. The van der Waals surface area contributed by atoms with E-state index in [9.17, 15) is 9.18 Å². The molecule has 0 spiro atoms. The summed E-state index contributed by atoms with van der Waals surface area (Å²) in [5, 5.41) is 0. The average Bonchev–Trinajstić information content (AvgIpc) is 2.89. The van der Waals surface area contributed by atoms with E-state index in [0.29, 0.717) is 5.56 Å². The molecular weight excluding hydrogens is 317 g/mol. The Morgan fingerprint density at radius 3 is 2.56 bits per heavy atom. The number of nitrogens with zero attached hydrogens (tertiary/aromatic N) is 3. The molecule has 1 aromatic heterocycles. The van der Waals surface area contributed by atoms with E-state index in [1.807, 2.05) is 11.0 Å². The lowest BCUT2D eigenvalue weighted by Gasteiger charge is -2.21. The van der Waals surface area contributed by atoms with E-state index in [0.717, 1.165) is 44.7 Å². The summed E-state index contributed by atoms with van der Waals surface area (Å²) < 4.78 is 12.9. The van der Waals surface area contributed by atoms with Crippen LogP contribution in [0.25, 0.3) is 6.08 Å². The molecular formula is C20H22FN3O. The minimum atomic E-state index is -0.219. The second kappa shape index (κ2) is 8.53. The van der Waals surface area contributed by atoms with Gasteiger partial charge in [0.25, 0.3) is 5.91 Å². The minimum absolute atomic E-state index is 0.0751. The van der Waals surface area contributed by atoms with Crippen molar-refractivity contribution in [3.8, 4) is 0 Å². The van der Waals surface area contributed by atoms with Crippen LogP contribution in [0.1, 0.15) is 22.3 Å². The number of carbonyl (C=O) groups is 1. The number of hydrogen-bond donors (Lipinski definition) is 0. The zero-order chi connectivity index (χ0) is 17.5. The zero-order valence-corrected chi connectivity index (χ0v) is 14.1. The fourth-order valence-electron chi connectivity index (χ4n) is 2.95. The van der Waals surface area contributed by atoms with Gasteiger partial charge in [-0.3, -0.25) is 14.7 Å². The van der Waals surface area contributed by atoms with Crippen molar-refractivity contribution in [2.45, 2.75) is 6.42 Å². The lowest BCUT2D eigenvalue weighted by Crippen LogP contribution is -2.35. The molecule has 0 unspecified atom stereocenters. The first-order valence-corrected chi connectivity index (χ1v) is 8.56. The Bertz CT molecular complexity index is 715. The topological polar surface area (TPSA) is 36.4 Å². The zero-order valence-electron chi connectivity index (χ0n) is 14.1. The van der Waals surface area contributed by atoms with Crippen LogP contribution < -0.4 is 0 Å². The molecule has 0 N–H and O–H groups in total. The van der Waals surface area contributed by atoms with Crippen molar-refractivity contribution in [3.05, 3.63) is 71.8 Å². The highest BCUT2D eigenvalue weighted by molar-refractivity contribution is 5.94. The Balaban J connectivity index is 1.51. The van der Waals surface area contributed by atoms with Gasteiger partial charge in [-0.25, -0.2) is 4.39 Å². The first kappa shape index (κ1) is 17.3. The highest BCUT2D eigenvalue weighted by Gasteiger charge is 2.19. The molecule has 5 heteroatoms. The molecule has 2 aromatic rings. The largest absolute Gasteiger partial charge is 0.337 e. The van der Waals surface area contributed by atoms with Gasteiger partial charge in [0.1, 0.15) is 5.82 Å². The highest BCUT2D eigenvalue weighted by Crippen LogP contribution is 2.09. The number of carbonyl (C=O) groups excluding carboxylic acids is 1. The van der Waals surface area contributed by atoms with Crippen LogP contribution in [0.2, 0.25) is 0 Å². The molecule has 1 aliphatic heterocycles. The first-order chi connectivity index (χ1) is 12.2. The summed E-state index contributed by atoms with van der Waals surface area (Å²) in [6, 6.07) is 9.99. The van der Waals surface area contributed by atoms with Gasteiger partial charge in [0.2, 0.25) is 0 Å². The van der Waals surface area contributed by atoms with Crippen LogP contribution in [0.5, 0.6) is 0 Å². The van der Waals surface area contributed by atoms with Crippen LogP contribution >= 0.6 is 0 Å². The van der Waals surface area contributed by atoms with Gasteiger partial charge >= 0.3 is 0 Å². The number of hydrogen-bond acceptors (Lipinski definition) is 3. The summed E-state index contributed by atoms with van der Waals surface area (Å²) in [7, 11) is 0. The van der Waals surface area contributed by atoms with Crippen LogP contribution in [0, 0.1) is 5.82 Å². The molecule has 1 amide bonds. The fourth-order valence-corrected chi connectivity index (χ4v) is 2.95. The lowest BCUT2D eigenvalue weighted by atomic mass is 10.2. The Morgan fingerprint density at radius 2 is 1.80 bits per heavy atom. The van der Waals surface area contributed by atoms with E-state index in [2.05, 4.69) is 16.0 Å². The highest BCUT2D eigenvalue weighted by atomic mass is 19.1. The van der Waals surface area contributed by atoms with Gasteiger partial charge in [-0.2, -0.15) is 0 Å². The van der Waals surface area contributed by atoms with Crippen LogP contribution in [0.3, 0.4) is 0 Å². The normalized spacial score (nSPS) is 16.1. The third-order valence-electron chi connectivity index (χ3n) is 4.35. The van der Waals surface area contributed by atoms with E-state index < -0.39 is 0 Å². The number of benzene rings is 1. The number of rotatable bonds is 4. The predicted octanol–water partition coefficient (Wildman–Crippen LogP) is 3.08. The summed E-state index contributed by atoms with van der Waals surface area (Å²) in [6.45, 7) is 4.15.